The van der Waals surface area contributed by atoms with E-state index in [2.05, 4.69) is 0 Å². The predicted octanol–water partition coefficient (Wildman–Crippen LogP) is 2.27. The smallest absolute Gasteiger partial charge is 0.259 e. The SMILES string of the molecule is O=S1(=O)CC(OS(=O)(=O)c2ccc(Cl)cc2)C(OS(=O)(=O)c2ccc(Cl)cc2)C1. The lowest BCUT2D eigenvalue weighted by molar-refractivity contribution is 0.101. The van der Waals surface area contributed by atoms with Crippen molar-refractivity contribution in [1.29, 1.82) is 0 Å². The van der Waals surface area contributed by atoms with Crippen molar-refractivity contribution in [1.82, 2.24) is 0 Å². The van der Waals surface area contributed by atoms with Gasteiger partial charge in [-0.1, -0.05) is 23.2 Å². The number of hydrogen-bond acceptors (Lipinski definition) is 8. The van der Waals surface area contributed by atoms with E-state index in [0.717, 1.165) is 0 Å². The molecule has 1 heterocycles. The second-order valence-corrected chi connectivity index (χ2v) is 12.3. The molecule has 0 N–H and O–H groups in total. The normalized spacial score (nSPS) is 21.9. The molecule has 8 nitrogen and oxygen atoms in total. The molecule has 1 aliphatic heterocycles. The monoisotopic (exact) mass is 500 g/mol. The highest BCUT2D eigenvalue weighted by atomic mass is 35.5. The minimum atomic E-state index is -4.38. The maximum atomic E-state index is 12.4. The van der Waals surface area contributed by atoms with Gasteiger partial charge in [0, 0.05) is 10.0 Å². The van der Waals surface area contributed by atoms with E-state index in [9.17, 15) is 25.3 Å². The number of halogens is 2. The van der Waals surface area contributed by atoms with Crippen LogP contribution in [-0.2, 0) is 38.4 Å². The third kappa shape index (κ3) is 5.48. The van der Waals surface area contributed by atoms with Gasteiger partial charge >= 0.3 is 0 Å². The zero-order chi connectivity index (χ0) is 21.4. The number of sulfone groups is 1. The predicted molar refractivity (Wildman–Crippen MR) is 106 cm³/mol. The largest absolute Gasteiger partial charge is 0.297 e. The van der Waals surface area contributed by atoms with Gasteiger partial charge in [0.1, 0.15) is 12.2 Å². The highest BCUT2D eigenvalue weighted by Gasteiger charge is 2.44. The summed E-state index contributed by atoms with van der Waals surface area (Å²) in [6.45, 7) is 0. The van der Waals surface area contributed by atoms with Gasteiger partial charge in [-0.3, -0.25) is 8.37 Å². The second kappa shape index (κ2) is 8.14. The summed E-state index contributed by atoms with van der Waals surface area (Å²) in [6, 6.07) is 10.0. The molecule has 0 spiro atoms. The molecule has 1 aliphatic rings. The molecular weight excluding hydrogens is 487 g/mol. The molecule has 0 amide bonds. The average Bonchev–Trinajstić information content (AvgIpc) is 2.87. The van der Waals surface area contributed by atoms with Crippen LogP contribution in [0, 0.1) is 0 Å². The molecule has 0 aliphatic carbocycles. The second-order valence-electron chi connectivity index (χ2n) is 6.16. The lowest BCUT2D eigenvalue weighted by Crippen LogP contribution is -2.34. The minimum absolute atomic E-state index is 0.259. The van der Waals surface area contributed by atoms with Crippen molar-refractivity contribution < 1.29 is 33.6 Å². The van der Waals surface area contributed by atoms with Gasteiger partial charge in [0.05, 0.1) is 21.3 Å². The Hall–Kier alpha value is -1.21. The summed E-state index contributed by atoms with van der Waals surface area (Å²) in [5.74, 6) is -1.42. The van der Waals surface area contributed by atoms with E-state index >= 15 is 0 Å². The minimum Gasteiger partial charge on any atom is -0.259 e. The summed E-state index contributed by atoms with van der Waals surface area (Å²) in [7, 11) is -12.6. The van der Waals surface area contributed by atoms with Gasteiger partial charge in [0.2, 0.25) is 0 Å². The van der Waals surface area contributed by atoms with Crippen molar-refractivity contribution in [2.45, 2.75) is 22.0 Å². The van der Waals surface area contributed by atoms with Crippen LogP contribution < -0.4 is 0 Å². The van der Waals surface area contributed by atoms with E-state index < -0.39 is 53.8 Å². The Morgan fingerprint density at radius 3 is 1.31 bits per heavy atom. The quantitative estimate of drug-likeness (QED) is 0.553. The van der Waals surface area contributed by atoms with Gasteiger partial charge in [-0.15, -0.1) is 0 Å². The van der Waals surface area contributed by atoms with Gasteiger partial charge in [-0.25, -0.2) is 8.42 Å². The molecule has 0 radical (unpaired) electrons. The number of rotatable bonds is 6. The van der Waals surface area contributed by atoms with Crippen LogP contribution in [0.3, 0.4) is 0 Å². The molecule has 29 heavy (non-hydrogen) atoms. The topological polar surface area (TPSA) is 121 Å². The van der Waals surface area contributed by atoms with E-state index in [1.54, 1.807) is 0 Å². The third-order valence-corrected chi connectivity index (χ3v) is 8.83. The van der Waals surface area contributed by atoms with Crippen molar-refractivity contribution in [3.05, 3.63) is 58.6 Å². The standard InChI is InChI=1S/C16H14Cl2O8S3/c17-11-1-5-13(6-2-11)28(21,22)25-15-9-27(19,20)10-16(15)26-29(23,24)14-7-3-12(18)4-8-14/h1-8,15-16H,9-10H2. The molecule has 0 bridgehead atoms. The fraction of sp³-hybridized carbons (Fsp3) is 0.250. The Morgan fingerprint density at radius 1 is 0.690 bits per heavy atom. The Labute approximate surface area is 178 Å². The van der Waals surface area contributed by atoms with E-state index in [1.165, 1.54) is 48.5 Å². The summed E-state index contributed by atoms with van der Waals surface area (Å²) in [4.78, 5) is -0.518. The maximum Gasteiger partial charge on any atom is 0.297 e. The van der Waals surface area contributed by atoms with Gasteiger partial charge in [-0.05, 0) is 48.5 Å². The van der Waals surface area contributed by atoms with Gasteiger partial charge in [0.15, 0.2) is 9.84 Å². The van der Waals surface area contributed by atoms with Crippen LogP contribution in [0.4, 0.5) is 0 Å². The number of hydrogen-bond donors (Lipinski definition) is 0. The maximum absolute atomic E-state index is 12.4. The summed E-state index contributed by atoms with van der Waals surface area (Å²) in [6.07, 6.45) is -3.08. The van der Waals surface area contributed by atoms with E-state index in [4.69, 9.17) is 31.6 Å². The molecule has 158 valence electrons. The lowest BCUT2D eigenvalue weighted by atomic mass is 10.3. The Kier molecular flexibility index (Phi) is 6.31. The van der Waals surface area contributed by atoms with Crippen molar-refractivity contribution in [2.24, 2.45) is 0 Å². The van der Waals surface area contributed by atoms with Crippen LogP contribution in [0.25, 0.3) is 0 Å². The summed E-state index contributed by atoms with van der Waals surface area (Å²) in [5, 5.41) is 0.588. The number of benzene rings is 2. The molecule has 1 fully saturated rings. The molecule has 1 saturated heterocycles. The molecule has 2 atom stereocenters. The van der Waals surface area contributed by atoms with Crippen molar-refractivity contribution >= 4 is 53.3 Å². The van der Waals surface area contributed by atoms with Crippen LogP contribution in [-0.4, -0.2) is 49.0 Å². The van der Waals surface area contributed by atoms with Crippen molar-refractivity contribution in [2.75, 3.05) is 11.5 Å². The Morgan fingerprint density at radius 2 is 1.00 bits per heavy atom. The summed E-state index contributed by atoms with van der Waals surface area (Å²) < 4.78 is 83.8. The molecule has 2 unspecified atom stereocenters. The molecule has 2 aromatic rings. The fourth-order valence-corrected chi connectivity index (χ4v) is 6.92. The third-order valence-electron chi connectivity index (χ3n) is 3.96. The summed E-state index contributed by atoms with van der Waals surface area (Å²) in [5.41, 5.74) is 0. The fourth-order valence-electron chi connectivity index (χ4n) is 2.60. The van der Waals surface area contributed by atoms with Gasteiger partial charge in [-0.2, -0.15) is 16.8 Å². The molecular formula is C16H14Cl2O8S3. The highest BCUT2D eigenvalue weighted by Crippen LogP contribution is 2.27. The van der Waals surface area contributed by atoms with Crippen LogP contribution >= 0.6 is 23.2 Å². The molecule has 0 aromatic heterocycles. The average molecular weight is 501 g/mol. The van der Waals surface area contributed by atoms with E-state index in [-0.39, 0.29) is 9.79 Å². The first-order chi connectivity index (χ1) is 13.4. The van der Waals surface area contributed by atoms with E-state index in [1.807, 2.05) is 0 Å². The van der Waals surface area contributed by atoms with Crippen LogP contribution in [0.1, 0.15) is 0 Å². The Bertz CT molecular complexity index is 1110. The molecule has 3 rings (SSSR count). The first-order valence-corrected chi connectivity index (χ1v) is 13.4. The summed E-state index contributed by atoms with van der Waals surface area (Å²) >= 11 is 11.4. The molecule has 13 heteroatoms. The first kappa shape index (κ1) is 22.5. The first-order valence-electron chi connectivity index (χ1n) is 7.96. The zero-order valence-corrected chi connectivity index (χ0v) is 18.4. The zero-order valence-electron chi connectivity index (χ0n) is 14.4. The van der Waals surface area contributed by atoms with Gasteiger partial charge in [0.25, 0.3) is 20.2 Å². The van der Waals surface area contributed by atoms with Crippen molar-refractivity contribution in [3.8, 4) is 0 Å². The van der Waals surface area contributed by atoms with E-state index in [0.29, 0.717) is 10.0 Å². The van der Waals surface area contributed by atoms with Crippen LogP contribution in [0.2, 0.25) is 10.0 Å². The van der Waals surface area contributed by atoms with Crippen LogP contribution in [0.5, 0.6) is 0 Å². The van der Waals surface area contributed by atoms with Gasteiger partial charge < -0.3 is 0 Å². The highest BCUT2D eigenvalue weighted by molar-refractivity contribution is 7.92. The van der Waals surface area contributed by atoms with Crippen molar-refractivity contribution in [3.63, 3.8) is 0 Å². The lowest BCUT2D eigenvalue weighted by Gasteiger charge is -2.18. The Balaban J connectivity index is 1.85. The molecule has 2 aromatic carbocycles. The van der Waals surface area contributed by atoms with Crippen LogP contribution in [0.15, 0.2) is 58.3 Å². The molecule has 0 saturated carbocycles.